The van der Waals surface area contributed by atoms with E-state index in [2.05, 4.69) is 4.90 Å². The van der Waals surface area contributed by atoms with Crippen molar-refractivity contribution >= 4 is 5.69 Å². The van der Waals surface area contributed by atoms with E-state index in [0.717, 1.165) is 36.4 Å². The summed E-state index contributed by atoms with van der Waals surface area (Å²) in [5.74, 6) is 1.80. The highest BCUT2D eigenvalue weighted by Gasteiger charge is 2.34. The van der Waals surface area contributed by atoms with Crippen LogP contribution in [0.25, 0.3) is 0 Å². The molecule has 3 heteroatoms. The van der Waals surface area contributed by atoms with Gasteiger partial charge in [-0.1, -0.05) is 18.6 Å². The van der Waals surface area contributed by atoms with Crippen molar-refractivity contribution in [3.8, 4) is 5.75 Å². The van der Waals surface area contributed by atoms with Gasteiger partial charge >= 0.3 is 0 Å². The number of benzene rings is 1. The second-order valence-corrected chi connectivity index (χ2v) is 6.18. The Hall–Kier alpha value is -1.22. The van der Waals surface area contributed by atoms with Crippen LogP contribution in [0.4, 0.5) is 5.69 Å². The van der Waals surface area contributed by atoms with Gasteiger partial charge in [-0.2, -0.15) is 0 Å². The van der Waals surface area contributed by atoms with Gasteiger partial charge in [0.15, 0.2) is 0 Å². The normalized spacial score (nSPS) is 26.4. The number of piperidine rings is 1. The van der Waals surface area contributed by atoms with Crippen molar-refractivity contribution in [1.29, 1.82) is 0 Å². The van der Waals surface area contributed by atoms with E-state index in [4.69, 9.17) is 10.5 Å². The third-order valence-corrected chi connectivity index (χ3v) is 4.87. The molecule has 1 aliphatic heterocycles. The maximum Gasteiger partial charge on any atom is 0.142 e. The molecule has 2 unspecified atom stereocenters. The molecule has 1 saturated carbocycles. The number of hydrogen-bond acceptors (Lipinski definition) is 3. The zero-order valence-electron chi connectivity index (χ0n) is 12.3. The Morgan fingerprint density at radius 3 is 2.90 bits per heavy atom. The van der Waals surface area contributed by atoms with Crippen molar-refractivity contribution in [2.24, 2.45) is 5.92 Å². The number of nitrogens with two attached hydrogens (primary N) is 1. The summed E-state index contributed by atoms with van der Waals surface area (Å²) >= 11 is 0. The number of hydrogen-bond donors (Lipinski definition) is 1. The number of nitrogen functional groups attached to an aromatic ring is 1. The standard InChI is InChI=1S/C17H26N2O/c18-15-8-1-2-10-17(15)20-13-5-12-19-11-4-7-14-6-3-9-16(14)19/h1-2,8,10,14,16H,3-7,9,11-13,18H2. The monoisotopic (exact) mass is 274 g/mol. The number of fused-ring (bicyclic) bond motifs is 1. The van der Waals surface area contributed by atoms with E-state index in [0.29, 0.717) is 0 Å². The molecule has 2 N–H and O–H groups in total. The van der Waals surface area contributed by atoms with Gasteiger partial charge in [0.05, 0.1) is 12.3 Å². The van der Waals surface area contributed by atoms with Crippen LogP contribution in [-0.4, -0.2) is 30.6 Å². The quantitative estimate of drug-likeness (QED) is 0.661. The second-order valence-electron chi connectivity index (χ2n) is 6.18. The predicted octanol–water partition coefficient (Wildman–Crippen LogP) is 3.30. The zero-order chi connectivity index (χ0) is 13.8. The number of para-hydroxylation sites is 2. The molecule has 0 bridgehead atoms. The third kappa shape index (κ3) is 3.09. The first-order chi connectivity index (χ1) is 9.84. The molecule has 1 aliphatic carbocycles. The van der Waals surface area contributed by atoms with Crippen molar-refractivity contribution in [3.63, 3.8) is 0 Å². The van der Waals surface area contributed by atoms with Gasteiger partial charge in [-0.3, -0.25) is 4.90 Å². The molecular weight excluding hydrogens is 248 g/mol. The topological polar surface area (TPSA) is 38.5 Å². The first kappa shape index (κ1) is 13.7. The van der Waals surface area contributed by atoms with Crippen LogP contribution < -0.4 is 10.5 Å². The number of likely N-dealkylation sites (tertiary alicyclic amines) is 1. The summed E-state index contributed by atoms with van der Waals surface area (Å²) < 4.78 is 5.79. The van der Waals surface area contributed by atoms with Crippen LogP contribution in [0, 0.1) is 5.92 Å². The highest BCUT2D eigenvalue weighted by Crippen LogP contribution is 2.36. The first-order valence-corrected chi connectivity index (χ1v) is 8.06. The molecule has 0 spiro atoms. The molecule has 1 aromatic carbocycles. The number of anilines is 1. The smallest absolute Gasteiger partial charge is 0.142 e. The van der Waals surface area contributed by atoms with Crippen molar-refractivity contribution < 1.29 is 4.74 Å². The van der Waals surface area contributed by atoms with Crippen molar-refractivity contribution in [2.45, 2.75) is 44.6 Å². The maximum atomic E-state index is 5.88. The van der Waals surface area contributed by atoms with E-state index in [9.17, 15) is 0 Å². The van der Waals surface area contributed by atoms with E-state index in [1.165, 1.54) is 45.2 Å². The Kier molecular flexibility index (Phi) is 4.46. The minimum Gasteiger partial charge on any atom is -0.491 e. The molecule has 2 aliphatic rings. The van der Waals surface area contributed by atoms with E-state index in [-0.39, 0.29) is 0 Å². The summed E-state index contributed by atoms with van der Waals surface area (Å²) in [7, 11) is 0. The van der Waals surface area contributed by atoms with Crippen LogP contribution in [0.5, 0.6) is 5.75 Å². The Morgan fingerprint density at radius 1 is 1.15 bits per heavy atom. The summed E-state index contributed by atoms with van der Waals surface area (Å²) in [5.41, 5.74) is 6.62. The maximum absolute atomic E-state index is 5.88. The molecule has 1 heterocycles. The molecule has 2 fully saturated rings. The largest absolute Gasteiger partial charge is 0.491 e. The molecule has 3 rings (SSSR count). The van der Waals surface area contributed by atoms with Crippen molar-refractivity contribution in [2.75, 3.05) is 25.4 Å². The van der Waals surface area contributed by atoms with Crippen LogP contribution in [0.2, 0.25) is 0 Å². The van der Waals surface area contributed by atoms with Gasteiger partial charge in [0, 0.05) is 12.6 Å². The summed E-state index contributed by atoms with van der Waals surface area (Å²) in [6, 6.07) is 8.62. The second kappa shape index (κ2) is 6.49. The minimum absolute atomic E-state index is 0.737. The summed E-state index contributed by atoms with van der Waals surface area (Å²) in [6.07, 6.45) is 8.24. The number of ether oxygens (including phenoxy) is 1. The highest BCUT2D eigenvalue weighted by molar-refractivity contribution is 5.51. The van der Waals surface area contributed by atoms with Gasteiger partial charge in [-0.15, -0.1) is 0 Å². The Bertz CT molecular complexity index is 435. The lowest BCUT2D eigenvalue weighted by Gasteiger charge is -2.37. The van der Waals surface area contributed by atoms with Gasteiger partial charge in [0.1, 0.15) is 5.75 Å². The van der Waals surface area contributed by atoms with Gasteiger partial charge in [0.2, 0.25) is 0 Å². The fraction of sp³-hybridized carbons (Fsp3) is 0.647. The van der Waals surface area contributed by atoms with Gasteiger partial charge < -0.3 is 10.5 Å². The van der Waals surface area contributed by atoms with Crippen LogP contribution in [0.3, 0.4) is 0 Å². The molecular formula is C17H26N2O. The number of nitrogens with zero attached hydrogens (tertiary/aromatic N) is 1. The van der Waals surface area contributed by atoms with Gasteiger partial charge in [-0.25, -0.2) is 0 Å². The molecule has 2 atom stereocenters. The minimum atomic E-state index is 0.737. The lowest BCUT2D eigenvalue weighted by Crippen LogP contribution is -2.43. The van der Waals surface area contributed by atoms with E-state index >= 15 is 0 Å². The van der Waals surface area contributed by atoms with E-state index < -0.39 is 0 Å². The first-order valence-electron chi connectivity index (χ1n) is 8.06. The SMILES string of the molecule is Nc1ccccc1OCCCN1CCCC2CCCC21. The van der Waals surface area contributed by atoms with Gasteiger partial charge in [0.25, 0.3) is 0 Å². The summed E-state index contributed by atoms with van der Waals surface area (Å²) in [5, 5.41) is 0. The lowest BCUT2D eigenvalue weighted by molar-refractivity contribution is 0.106. The molecule has 0 amide bonds. The molecule has 3 nitrogen and oxygen atoms in total. The van der Waals surface area contributed by atoms with Crippen molar-refractivity contribution in [3.05, 3.63) is 24.3 Å². The summed E-state index contributed by atoms with van der Waals surface area (Å²) in [6.45, 7) is 3.23. The predicted molar refractivity (Wildman–Crippen MR) is 82.9 cm³/mol. The zero-order valence-corrected chi connectivity index (χ0v) is 12.3. The Labute approximate surface area is 122 Å². The van der Waals surface area contributed by atoms with Crippen LogP contribution in [0.15, 0.2) is 24.3 Å². The van der Waals surface area contributed by atoms with E-state index in [1.807, 2.05) is 24.3 Å². The van der Waals surface area contributed by atoms with E-state index in [1.54, 1.807) is 0 Å². The van der Waals surface area contributed by atoms with Crippen molar-refractivity contribution in [1.82, 2.24) is 4.90 Å². The molecule has 110 valence electrons. The molecule has 1 saturated heterocycles. The fourth-order valence-electron chi connectivity index (χ4n) is 3.90. The highest BCUT2D eigenvalue weighted by atomic mass is 16.5. The number of rotatable bonds is 5. The molecule has 1 aromatic rings. The van der Waals surface area contributed by atoms with Crippen LogP contribution in [0.1, 0.15) is 38.5 Å². The van der Waals surface area contributed by atoms with Crippen LogP contribution >= 0.6 is 0 Å². The average molecular weight is 274 g/mol. The third-order valence-electron chi connectivity index (χ3n) is 4.87. The summed E-state index contributed by atoms with van der Waals surface area (Å²) in [4.78, 5) is 2.71. The fourth-order valence-corrected chi connectivity index (χ4v) is 3.90. The molecule has 0 radical (unpaired) electrons. The Morgan fingerprint density at radius 2 is 2.00 bits per heavy atom. The van der Waals surface area contributed by atoms with Crippen LogP contribution in [-0.2, 0) is 0 Å². The van der Waals surface area contributed by atoms with Gasteiger partial charge in [-0.05, 0) is 56.7 Å². The lowest BCUT2D eigenvalue weighted by atomic mass is 9.92. The molecule has 20 heavy (non-hydrogen) atoms. The Balaban J connectivity index is 1.42. The average Bonchev–Trinajstić information content (AvgIpc) is 2.94. The molecule has 0 aromatic heterocycles.